The van der Waals surface area contributed by atoms with Crippen LogP contribution < -0.4 is 10.2 Å². The maximum absolute atomic E-state index is 12.6. The van der Waals surface area contributed by atoms with Crippen molar-refractivity contribution in [1.29, 1.82) is 0 Å². The van der Waals surface area contributed by atoms with Crippen molar-refractivity contribution in [1.82, 2.24) is 5.32 Å². The highest BCUT2D eigenvalue weighted by Crippen LogP contribution is 2.46. The quantitative estimate of drug-likeness (QED) is 0.546. The average molecular weight is 421 g/mol. The van der Waals surface area contributed by atoms with E-state index < -0.39 is 12.0 Å². The maximum atomic E-state index is 12.6. The number of carbonyl (C=O) groups is 3. The minimum absolute atomic E-state index is 0.0513. The second-order valence-electron chi connectivity index (χ2n) is 8.23. The molecular formula is C25H28N2O4. The number of rotatable bonds is 7. The number of nitrogens with zero attached hydrogens (tertiary/aromatic N) is 1. The van der Waals surface area contributed by atoms with Crippen molar-refractivity contribution >= 4 is 23.3 Å². The third kappa shape index (κ3) is 5.02. The van der Waals surface area contributed by atoms with Gasteiger partial charge in [0.25, 0.3) is 0 Å². The maximum Gasteiger partial charge on any atom is 0.308 e. The fraction of sp³-hybridized carbons (Fsp3) is 0.320. The SMILES string of the molecule is CC(=O)N[C@H](CC(=O)OCC(=O)/C=C1\N(C)c2ccccc2C1(C)C)c1ccccc1. The molecule has 1 aliphatic heterocycles. The summed E-state index contributed by atoms with van der Waals surface area (Å²) >= 11 is 0. The predicted octanol–water partition coefficient (Wildman–Crippen LogP) is 3.68. The molecule has 0 fully saturated rings. The van der Waals surface area contributed by atoms with Crippen molar-refractivity contribution in [3.05, 3.63) is 77.5 Å². The molecule has 1 amide bonds. The number of ketones is 1. The molecule has 0 radical (unpaired) electrons. The number of anilines is 1. The lowest BCUT2D eigenvalue weighted by atomic mass is 9.83. The standard InChI is InChI=1S/C25H28N2O4/c1-17(28)26-21(18-10-6-5-7-11-18)15-24(30)31-16-19(29)14-23-25(2,3)20-12-8-9-13-22(20)27(23)4/h5-14,21H,15-16H2,1-4H3,(H,26,28)/b23-14-/t21-/m1/s1. The number of para-hydroxylation sites is 1. The van der Waals surface area contributed by atoms with Gasteiger partial charge in [-0.15, -0.1) is 0 Å². The molecule has 0 bridgehead atoms. The zero-order chi connectivity index (χ0) is 22.6. The van der Waals surface area contributed by atoms with E-state index in [1.165, 1.54) is 6.92 Å². The Hall–Kier alpha value is -3.41. The number of amides is 1. The monoisotopic (exact) mass is 420 g/mol. The third-order valence-electron chi connectivity index (χ3n) is 5.56. The van der Waals surface area contributed by atoms with Crippen LogP contribution in [-0.2, 0) is 24.5 Å². The molecule has 0 aliphatic carbocycles. The first kappa shape index (κ1) is 22.3. The summed E-state index contributed by atoms with van der Waals surface area (Å²) < 4.78 is 5.23. The molecule has 6 nitrogen and oxygen atoms in total. The van der Waals surface area contributed by atoms with Crippen LogP contribution in [0.4, 0.5) is 5.69 Å². The van der Waals surface area contributed by atoms with Crippen LogP contribution in [0.2, 0.25) is 0 Å². The van der Waals surface area contributed by atoms with Crippen LogP contribution >= 0.6 is 0 Å². The van der Waals surface area contributed by atoms with Crippen LogP contribution in [0.3, 0.4) is 0 Å². The summed E-state index contributed by atoms with van der Waals surface area (Å²) in [6.07, 6.45) is 1.50. The fourth-order valence-electron chi connectivity index (χ4n) is 4.01. The Morgan fingerprint density at radius 3 is 2.35 bits per heavy atom. The van der Waals surface area contributed by atoms with Crippen molar-refractivity contribution in [2.45, 2.75) is 38.6 Å². The molecule has 0 unspecified atom stereocenters. The molecule has 1 aliphatic rings. The van der Waals surface area contributed by atoms with Crippen LogP contribution in [0.25, 0.3) is 0 Å². The molecule has 0 aromatic heterocycles. The zero-order valence-corrected chi connectivity index (χ0v) is 18.3. The summed E-state index contributed by atoms with van der Waals surface area (Å²) in [6.45, 7) is 5.19. The molecule has 6 heteroatoms. The molecule has 2 aromatic rings. The van der Waals surface area contributed by atoms with E-state index in [1.54, 1.807) is 6.08 Å². The minimum Gasteiger partial charge on any atom is -0.457 e. The fourth-order valence-corrected chi connectivity index (χ4v) is 4.01. The number of ether oxygens (including phenoxy) is 1. The number of allylic oxidation sites excluding steroid dienone is 1. The van der Waals surface area contributed by atoms with Crippen molar-refractivity contribution in [2.75, 3.05) is 18.6 Å². The normalized spacial score (nSPS) is 16.5. The number of benzene rings is 2. The van der Waals surface area contributed by atoms with Gasteiger partial charge in [-0.05, 0) is 17.2 Å². The van der Waals surface area contributed by atoms with E-state index in [4.69, 9.17) is 4.74 Å². The Bertz CT molecular complexity index is 1010. The molecule has 0 saturated heterocycles. The average Bonchev–Trinajstić information content (AvgIpc) is 2.93. The summed E-state index contributed by atoms with van der Waals surface area (Å²) in [5, 5.41) is 2.76. The van der Waals surface area contributed by atoms with E-state index in [1.807, 2.05) is 60.5 Å². The molecule has 1 atom stereocenters. The molecular weight excluding hydrogens is 392 g/mol. The lowest BCUT2D eigenvalue weighted by Gasteiger charge is -2.24. The Morgan fingerprint density at radius 1 is 1.06 bits per heavy atom. The van der Waals surface area contributed by atoms with Crippen molar-refractivity contribution in [3.63, 3.8) is 0 Å². The van der Waals surface area contributed by atoms with Crippen LogP contribution in [0.15, 0.2) is 66.4 Å². The molecule has 3 rings (SSSR count). The van der Waals surface area contributed by atoms with Crippen LogP contribution in [0.1, 0.15) is 44.4 Å². The second-order valence-corrected chi connectivity index (χ2v) is 8.23. The summed E-state index contributed by atoms with van der Waals surface area (Å²) in [5.74, 6) is -1.07. The lowest BCUT2D eigenvalue weighted by Crippen LogP contribution is -2.29. The van der Waals surface area contributed by atoms with E-state index >= 15 is 0 Å². The zero-order valence-electron chi connectivity index (χ0n) is 18.3. The minimum atomic E-state index is -0.545. The van der Waals surface area contributed by atoms with Gasteiger partial charge in [0.1, 0.15) is 0 Å². The Balaban J connectivity index is 1.64. The van der Waals surface area contributed by atoms with E-state index in [9.17, 15) is 14.4 Å². The van der Waals surface area contributed by atoms with Gasteiger partial charge in [-0.25, -0.2) is 0 Å². The van der Waals surface area contributed by atoms with Crippen LogP contribution in [0.5, 0.6) is 0 Å². The van der Waals surface area contributed by atoms with Crippen molar-refractivity contribution in [3.8, 4) is 0 Å². The van der Waals surface area contributed by atoms with Crippen molar-refractivity contribution in [2.24, 2.45) is 0 Å². The van der Waals surface area contributed by atoms with Gasteiger partial charge in [-0.1, -0.05) is 62.4 Å². The number of hydrogen-bond donors (Lipinski definition) is 1. The molecule has 0 saturated carbocycles. The summed E-state index contributed by atoms with van der Waals surface area (Å²) in [7, 11) is 1.93. The molecule has 2 aromatic carbocycles. The van der Waals surface area contributed by atoms with E-state index in [0.29, 0.717) is 0 Å². The Labute approximate surface area is 182 Å². The van der Waals surface area contributed by atoms with E-state index in [0.717, 1.165) is 22.5 Å². The number of likely N-dealkylation sites (N-methyl/N-ethyl adjacent to an activating group) is 1. The van der Waals surface area contributed by atoms with Crippen LogP contribution in [0, 0.1) is 0 Å². The third-order valence-corrected chi connectivity index (χ3v) is 5.56. The highest BCUT2D eigenvalue weighted by Gasteiger charge is 2.38. The van der Waals surface area contributed by atoms with Gasteiger partial charge in [0.05, 0.1) is 12.5 Å². The first-order chi connectivity index (χ1) is 14.7. The topological polar surface area (TPSA) is 75.7 Å². The number of esters is 1. The van der Waals surface area contributed by atoms with Gasteiger partial charge < -0.3 is 15.0 Å². The van der Waals surface area contributed by atoms with Crippen molar-refractivity contribution < 1.29 is 19.1 Å². The predicted molar refractivity (Wildman–Crippen MR) is 120 cm³/mol. The summed E-state index contributed by atoms with van der Waals surface area (Å²) in [5.41, 5.74) is 3.54. The molecule has 31 heavy (non-hydrogen) atoms. The number of fused-ring (bicyclic) bond motifs is 1. The van der Waals surface area contributed by atoms with Gasteiger partial charge in [-0.2, -0.15) is 0 Å². The molecule has 1 N–H and O–H groups in total. The Kier molecular flexibility index (Phi) is 6.59. The smallest absolute Gasteiger partial charge is 0.308 e. The first-order valence-corrected chi connectivity index (χ1v) is 10.3. The van der Waals surface area contributed by atoms with Gasteiger partial charge in [0.2, 0.25) is 5.91 Å². The summed E-state index contributed by atoms with van der Waals surface area (Å²) in [4.78, 5) is 38.5. The van der Waals surface area contributed by atoms with Gasteiger partial charge in [0, 0.05) is 36.8 Å². The molecule has 162 valence electrons. The lowest BCUT2D eigenvalue weighted by molar-refractivity contribution is -0.147. The summed E-state index contributed by atoms with van der Waals surface area (Å²) in [6, 6.07) is 16.7. The van der Waals surface area contributed by atoms with Crippen LogP contribution in [-0.4, -0.2) is 31.3 Å². The Morgan fingerprint density at radius 2 is 1.71 bits per heavy atom. The number of nitrogens with one attached hydrogen (secondary N) is 1. The molecule has 0 spiro atoms. The van der Waals surface area contributed by atoms with Gasteiger partial charge >= 0.3 is 5.97 Å². The highest BCUT2D eigenvalue weighted by molar-refractivity contribution is 5.94. The van der Waals surface area contributed by atoms with E-state index in [2.05, 4.69) is 25.2 Å². The van der Waals surface area contributed by atoms with E-state index in [-0.39, 0.29) is 30.1 Å². The van der Waals surface area contributed by atoms with Gasteiger partial charge in [0.15, 0.2) is 12.4 Å². The number of hydrogen-bond acceptors (Lipinski definition) is 5. The molecule has 1 heterocycles. The largest absolute Gasteiger partial charge is 0.457 e. The van der Waals surface area contributed by atoms with Gasteiger partial charge in [-0.3, -0.25) is 14.4 Å². The first-order valence-electron chi connectivity index (χ1n) is 10.3. The number of carbonyl (C=O) groups excluding carboxylic acids is 3. The second kappa shape index (κ2) is 9.16. The highest BCUT2D eigenvalue weighted by atomic mass is 16.5.